The summed E-state index contributed by atoms with van der Waals surface area (Å²) in [4.78, 5) is 0. The smallest absolute Gasteiger partial charge is 0.197 e. The third-order valence-corrected chi connectivity index (χ3v) is 3.65. The van der Waals surface area contributed by atoms with Crippen LogP contribution in [-0.4, -0.2) is 11.4 Å². The van der Waals surface area contributed by atoms with Gasteiger partial charge in [-0.3, -0.25) is 0 Å². The van der Waals surface area contributed by atoms with Crippen molar-refractivity contribution >= 4 is 0 Å². The number of rotatable bonds is 0. The number of benzene rings is 1. The molecule has 0 aliphatic carbocycles. The van der Waals surface area contributed by atoms with Crippen LogP contribution in [-0.2, 0) is 6.42 Å². The highest BCUT2D eigenvalue weighted by Gasteiger charge is 2.23. The molecule has 1 aromatic carbocycles. The first-order valence-corrected chi connectivity index (χ1v) is 5.46. The lowest BCUT2D eigenvalue weighted by molar-refractivity contribution is -0.0323. The number of aliphatic hydroxyl groups is 1. The van der Waals surface area contributed by atoms with Gasteiger partial charge < -0.3 is 9.84 Å². The predicted octanol–water partition coefficient (Wildman–Crippen LogP) is 2.56. The summed E-state index contributed by atoms with van der Waals surface area (Å²) in [6.07, 6.45) is 0.998. The van der Waals surface area contributed by atoms with E-state index in [0.717, 1.165) is 12.2 Å². The van der Waals surface area contributed by atoms with E-state index in [0.29, 0.717) is 6.42 Å². The molecule has 0 saturated carbocycles. The van der Waals surface area contributed by atoms with Gasteiger partial charge >= 0.3 is 0 Å². The maximum Gasteiger partial charge on any atom is 0.197 e. The molecular formula is C13H18O2. The second kappa shape index (κ2) is 3.53. The molecular weight excluding hydrogens is 188 g/mol. The second-order valence-electron chi connectivity index (χ2n) is 4.42. The molecule has 1 aliphatic rings. The van der Waals surface area contributed by atoms with Crippen molar-refractivity contribution in [2.24, 2.45) is 0 Å². The molecule has 2 nitrogen and oxygen atoms in total. The van der Waals surface area contributed by atoms with Gasteiger partial charge in [0.1, 0.15) is 5.75 Å². The average molecular weight is 206 g/mol. The Balaban J connectivity index is 2.65. The molecule has 0 bridgehead atoms. The van der Waals surface area contributed by atoms with Gasteiger partial charge in [-0.1, -0.05) is 0 Å². The van der Waals surface area contributed by atoms with Crippen molar-refractivity contribution in [3.8, 4) is 5.75 Å². The van der Waals surface area contributed by atoms with E-state index in [9.17, 15) is 5.11 Å². The fourth-order valence-electron chi connectivity index (χ4n) is 2.28. The predicted molar refractivity (Wildman–Crippen MR) is 60.3 cm³/mol. The highest BCUT2D eigenvalue weighted by molar-refractivity contribution is 5.54. The summed E-state index contributed by atoms with van der Waals surface area (Å²) < 4.78 is 5.53. The third-order valence-electron chi connectivity index (χ3n) is 3.65. The second-order valence-corrected chi connectivity index (χ2v) is 4.42. The molecule has 1 aliphatic heterocycles. The zero-order valence-corrected chi connectivity index (χ0v) is 9.85. The zero-order valence-electron chi connectivity index (χ0n) is 9.85. The van der Waals surface area contributed by atoms with Crippen molar-refractivity contribution in [2.45, 2.75) is 46.8 Å². The standard InChI is InChI=1S/C13H18O2/c1-7-8(2)10(4)13-11(9(7)3)5-6-12(14)15-13/h12,14H,5-6H2,1-4H3. The van der Waals surface area contributed by atoms with E-state index in [1.165, 1.54) is 27.8 Å². The van der Waals surface area contributed by atoms with Crippen molar-refractivity contribution in [3.63, 3.8) is 0 Å². The number of aliphatic hydroxyl groups excluding tert-OH is 1. The van der Waals surface area contributed by atoms with Gasteiger partial charge in [0.2, 0.25) is 0 Å². The van der Waals surface area contributed by atoms with Crippen LogP contribution in [0.15, 0.2) is 0 Å². The Morgan fingerprint density at radius 3 is 2.27 bits per heavy atom. The van der Waals surface area contributed by atoms with Crippen LogP contribution in [0.4, 0.5) is 0 Å². The summed E-state index contributed by atoms with van der Waals surface area (Å²) in [5, 5.41) is 9.51. The molecule has 1 unspecified atom stereocenters. The van der Waals surface area contributed by atoms with Crippen LogP contribution in [0.2, 0.25) is 0 Å². The number of hydrogen-bond acceptors (Lipinski definition) is 2. The van der Waals surface area contributed by atoms with Crippen LogP contribution < -0.4 is 4.74 Å². The van der Waals surface area contributed by atoms with Gasteiger partial charge in [0.25, 0.3) is 0 Å². The number of ether oxygens (including phenoxy) is 1. The van der Waals surface area contributed by atoms with Crippen LogP contribution in [0.25, 0.3) is 0 Å². The van der Waals surface area contributed by atoms with Gasteiger partial charge in [-0.2, -0.15) is 0 Å². The fraction of sp³-hybridized carbons (Fsp3) is 0.538. The molecule has 0 radical (unpaired) electrons. The lowest BCUT2D eigenvalue weighted by atomic mass is 9.90. The normalized spacial score (nSPS) is 19.7. The first kappa shape index (κ1) is 10.5. The number of hydrogen-bond donors (Lipinski definition) is 1. The Kier molecular flexibility index (Phi) is 2.47. The Labute approximate surface area is 90.9 Å². The van der Waals surface area contributed by atoms with Gasteiger partial charge in [-0.25, -0.2) is 0 Å². The van der Waals surface area contributed by atoms with Gasteiger partial charge in [0.15, 0.2) is 6.29 Å². The monoisotopic (exact) mass is 206 g/mol. The summed E-state index contributed by atoms with van der Waals surface area (Å²) in [6, 6.07) is 0. The quantitative estimate of drug-likeness (QED) is 0.707. The highest BCUT2D eigenvalue weighted by atomic mass is 16.6. The van der Waals surface area contributed by atoms with E-state index in [-0.39, 0.29) is 0 Å². The lowest BCUT2D eigenvalue weighted by Gasteiger charge is -2.27. The molecule has 15 heavy (non-hydrogen) atoms. The SMILES string of the molecule is Cc1c(C)c(C)c2c(c1C)CCC(O)O2. The molecule has 1 N–H and O–H groups in total. The maximum atomic E-state index is 9.51. The largest absolute Gasteiger partial charge is 0.465 e. The fourth-order valence-corrected chi connectivity index (χ4v) is 2.28. The minimum absolute atomic E-state index is 0.627. The average Bonchev–Trinajstić information content (AvgIpc) is 2.23. The summed E-state index contributed by atoms with van der Waals surface area (Å²) in [6.45, 7) is 8.48. The Morgan fingerprint density at radius 2 is 1.60 bits per heavy atom. The van der Waals surface area contributed by atoms with Crippen LogP contribution in [0.3, 0.4) is 0 Å². The van der Waals surface area contributed by atoms with Gasteiger partial charge in [-0.15, -0.1) is 0 Å². The molecule has 0 fully saturated rings. The summed E-state index contributed by atoms with van der Waals surface area (Å²) in [5.41, 5.74) is 6.40. The Hall–Kier alpha value is -1.02. The molecule has 1 aromatic rings. The third kappa shape index (κ3) is 1.53. The minimum atomic E-state index is -0.627. The molecule has 0 spiro atoms. The highest BCUT2D eigenvalue weighted by Crippen LogP contribution is 2.37. The van der Waals surface area contributed by atoms with Crippen molar-refractivity contribution < 1.29 is 9.84 Å². The van der Waals surface area contributed by atoms with E-state index >= 15 is 0 Å². The van der Waals surface area contributed by atoms with Crippen LogP contribution >= 0.6 is 0 Å². The Bertz CT molecular complexity index is 408. The molecule has 2 rings (SSSR count). The van der Waals surface area contributed by atoms with E-state index in [2.05, 4.69) is 27.7 Å². The zero-order chi connectivity index (χ0) is 11.2. The Morgan fingerprint density at radius 1 is 1.00 bits per heavy atom. The molecule has 0 saturated heterocycles. The van der Waals surface area contributed by atoms with Crippen molar-refractivity contribution in [3.05, 3.63) is 27.8 Å². The van der Waals surface area contributed by atoms with Gasteiger partial charge in [0.05, 0.1) is 0 Å². The molecule has 1 atom stereocenters. The van der Waals surface area contributed by atoms with E-state index < -0.39 is 6.29 Å². The van der Waals surface area contributed by atoms with Crippen molar-refractivity contribution in [2.75, 3.05) is 0 Å². The molecule has 1 heterocycles. The topological polar surface area (TPSA) is 29.5 Å². The number of fused-ring (bicyclic) bond motifs is 1. The van der Waals surface area contributed by atoms with Crippen molar-refractivity contribution in [1.82, 2.24) is 0 Å². The molecule has 0 amide bonds. The van der Waals surface area contributed by atoms with E-state index in [1.807, 2.05) is 0 Å². The first-order chi connectivity index (χ1) is 7.02. The maximum absolute atomic E-state index is 9.51. The molecule has 82 valence electrons. The van der Waals surface area contributed by atoms with E-state index in [4.69, 9.17) is 4.74 Å². The molecule has 2 heteroatoms. The summed E-state index contributed by atoms with van der Waals surface area (Å²) >= 11 is 0. The van der Waals surface area contributed by atoms with Gasteiger partial charge in [-0.05, 0) is 61.9 Å². The summed E-state index contributed by atoms with van der Waals surface area (Å²) in [7, 11) is 0. The van der Waals surface area contributed by atoms with Crippen molar-refractivity contribution in [1.29, 1.82) is 0 Å². The lowest BCUT2D eigenvalue weighted by Crippen LogP contribution is -2.23. The van der Waals surface area contributed by atoms with E-state index in [1.54, 1.807) is 0 Å². The molecule has 0 aromatic heterocycles. The first-order valence-electron chi connectivity index (χ1n) is 5.46. The van der Waals surface area contributed by atoms with Crippen LogP contribution in [0, 0.1) is 27.7 Å². The summed E-state index contributed by atoms with van der Waals surface area (Å²) in [5.74, 6) is 0.911. The van der Waals surface area contributed by atoms with Crippen LogP contribution in [0.1, 0.15) is 34.2 Å². The van der Waals surface area contributed by atoms with Crippen LogP contribution in [0.5, 0.6) is 5.75 Å². The van der Waals surface area contributed by atoms with Gasteiger partial charge in [0, 0.05) is 6.42 Å². The minimum Gasteiger partial charge on any atom is -0.465 e.